The molecule has 0 saturated heterocycles. The van der Waals surface area contributed by atoms with E-state index in [1.165, 1.54) is 43.4 Å². The van der Waals surface area contributed by atoms with Crippen molar-refractivity contribution in [3.8, 4) is 0 Å². The fraction of sp³-hybridized carbons (Fsp3) is 0.857. The van der Waals surface area contributed by atoms with E-state index >= 15 is 0 Å². The number of nitrogens with zero attached hydrogens (tertiary/aromatic N) is 1. The summed E-state index contributed by atoms with van der Waals surface area (Å²) in [6.07, 6.45) is 11.6. The third kappa shape index (κ3) is 1.75. The number of fused-ring (bicyclic) bond motifs is 6. The molecular formula is C21H31NO2. The SMILES string of the molecule is C[C@]12Cc3conc3C[C@@H]1CC[C@H]1[C@H]2CC[C@]2(C)[C@@H]1CC[C@@]2(C)O. The minimum Gasteiger partial charge on any atom is -0.390 e. The van der Waals surface area contributed by atoms with Crippen molar-refractivity contribution in [2.24, 2.45) is 34.5 Å². The van der Waals surface area contributed by atoms with E-state index in [0.29, 0.717) is 11.3 Å². The molecule has 3 saturated carbocycles. The highest BCUT2D eigenvalue weighted by atomic mass is 16.5. The molecule has 4 aliphatic carbocycles. The maximum absolute atomic E-state index is 11.0. The summed E-state index contributed by atoms with van der Waals surface area (Å²) in [5.41, 5.74) is 2.65. The Bertz CT molecular complexity index is 665. The predicted octanol–water partition coefficient (Wildman–Crippen LogP) is 4.38. The maximum atomic E-state index is 11.0. The van der Waals surface area contributed by atoms with Crippen LogP contribution in [0.25, 0.3) is 0 Å². The van der Waals surface area contributed by atoms with Crippen molar-refractivity contribution >= 4 is 0 Å². The highest BCUT2D eigenvalue weighted by Crippen LogP contribution is 2.67. The average Bonchev–Trinajstić information content (AvgIpc) is 3.06. The van der Waals surface area contributed by atoms with Gasteiger partial charge in [0.2, 0.25) is 0 Å². The van der Waals surface area contributed by atoms with Crippen molar-refractivity contribution < 1.29 is 9.63 Å². The van der Waals surface area contributed by atoms with E-state index in [0.717, 1.165) is 37.0 Å². The van der Waals surface area contributed by atoms with Crippen LogP contribution >= 0.6 is 0 Å². The highest BCUT2D eigenvalue weighted by Gasteiger charge is 2.63. The Labute approximate surface area is 145 Å². The number of hydrogen-bond donors (Lipinski definition) is 1. The van der Waals surface area contributed by atoms with E-state index in [-0.39, 0.29) is 5.41 Å². The Morgan fingerprint density at radius 3 is 2.71 bits per heavy atom. The van der Waals surface area contributed by atoms with E-state index in [9.17, 15) is 5.11 Å². The van der Waals surface area contributed by atoms with Gasteiger partial charge >= 0.3 is 0 Å². The van der Waals surface area contributed by atoms with Crippen LogP contribution in [0.3, 0.4) is 0 Å². The van der Waals surface area contributed by atoms with Crippen LogP contribution in [0.4, 0.5) is 0 Å². The monoisotopic (exact) mass is 329 g/mol. The second-order valence-electron chi connectivity index (χ2n) is 10.1. The van der Waals surface area contributed by atoms with Crippen LogP contribution in [0.5, 0.6) is 0 Å². The standard InChI is InChI=1S/C21H31NO2/c1-19-11-13-12-24-22-18(13)10-14(19)4-5-15-16(19)6-8-20(2)17(15)7-9-21(20,3)23/h12,14-17,23H,4-11H2,1-3H3/t14-,15-,16+,17+,19-,20+,21+/m0/s1. The molecule has 3 fully saturated rings. The van der Waals surface area contributed by atoms with Crippen molar-refractivity contribution in [2.75, 3.05) is 0 Å². The molecule has 0 aromatic carbocycles. The topological polar surface area (TPSA) is 46.3 Å². The van der Waals surface area contributed by atoms with Crippen LogP contribution in [-0.4, -0.2) is 15.9 Å². The van der Waals surface area contributed by atoms with E-state index in [4.69, 9.17) is 4.52 Å². The largest absolute Gasteiger partial charge is 0.390 e. The zero-order valence-electron chi connectivity index (χ0n) is 15.3. The zero-order chi connectivity index (χ0) is 16.7. The van der Waals surface area contributed by atoms with Crippen molar-refractivity contribution in [3.05, 3.63) is 17.5 Å². The number of aliphatic hydroxyl groups is 1. The second kappa shape index (κ2) is 4.66. The van der Waals surface area contributed by atoms with E-state index in [2.05, 4.69) is 25.9 Å². The van der Waals surface area contributed by atoms with Crippen LogP contribution in [0, 0.1) is 34.5 Å². The lowest BCUT2D eigenvalue weighted by Gasteiger charge is -2.60. The minimum absolute atomic E-state index is 0.133. The van der Waals surface area contributed by atoms with Crippen molar-refractivity contribution in [1.29, 1.82) is 0 Å². The Kier molecular flexibility index (Phi) is 3.00. The molecule has 4 aliphatic rings. The Morgan fingerprint density at radius 2 is 1.88 bits per heavy atom. The fourth-order valence-corrected chi connectivity index (χ4v) is 7.63. The van der Waals surface area contributed by atoms with Crippen molar-refractivity contribution in [1.82, 2.24) is 5.16 Å². The second-order valence-corrected chi connectivity index (χ2v) is 10.1. The lowest BCUT2D eigenvalue weighted by atomic mass is 9.44. The number of aromatic nitrogens is 1. The smallest absolute Gasteiger partial charge is 0.127 e. The van der Waals surface area contributed by atoms with Crippen LogP contribution in [0.15, 0.2) is 10.8 Å². The molecule has 0 spiro atoms. The first-order valence-corrected chi connectivity index (χ1v) is 10.00. The molecule has 1 aromatic heterocycles. The molecule has 5 rings (SSSR count). The summed E-state index contributed by atoms with van der Waals surface area (Å²) in [6.45, 7) is 7.04. The number of hydrogen-bond acceptors (Lipinski definition) is 3. The fourth-order valence-electron chi connectivity index (χ4n) is 7.63. The van der Waals surface area contributed by atoms with Gasteiger partial charge in [0.05, 0.1) is 11.3 Å². The third-order valence-electron chi connectivity index (χ3n) is 9.37. The lowest BCUT2D eigenvalue weighted by Crippen LogP contribution is -2.56. The maximum Gasteiger partial charge on any atom is 0.127 e. The molecular weight excluding hydrogens is 298 g/mol. The van der Waals surface area contributed by atoms with Gasteiger partial charge in [-0.1, -0.05) is 19.0 Å². The summed E-state index contributed by atoms with van der Waals surface area (Å²) >= 11 is 0. The molecule has 1 N–H and O–H groups in total. The van der Waals surface area contributed by atoms with Gasteiger partial charge in [0, 0.05) is 5.56 Å². The van der Waals surface area contributed by atoms with Gasteiger partial charge in [-0.15, -0.1) is 0 Å². The summed E-state index contributed by atoms with van der Waals surface area (Å²) in [5, 5.41) is 15.3. The zero-order valence-corrected chi connectivity index (χ0v) is 15.3. The Balaban J connectivity index is 1.50. The normalized spacial score (nSPS) is 53.0. The van der Waals surface area contributed by atoms with E-state index in [1.807, 2.05) is 6.26 Å². The van der Waals surface area contributed by atoms with Crippen molar-refractivity contribution in [3.63, 3.8) is 0 Å². The van der Waals surface area contributed by atoms with Gasteiger partial charge in [0.25, 0.3) is 0 Å². The predicted molar refractivity (Wildman–Crippen MR) is 92.4 cm³/mol. The molecule has 1 heterocycles. The average molecular weight is 329 g/mol. The van der Waals surface area contributed by atoms with E-state index in [1.54, 1.807) is 0 Å². The first kappa shape index (κ1) is 15.4. The third-order valence-corrected chi connectivity index (χ3v) is 9.37. The summed E-state index contributed by atoms with van der Waals surface area (Å²) in [6, 6.07) is 0. The summed E-state index contributed by atoms with van der Waals surface area (Å²) in [7, 11) is 0. The molecule has 24 heavy (non-hydrogen) atoms. The van der Waals surface area contributed by atoms with Gasteiger partial charge in [-0.05, 0) is 92.8 Å². The van der Waals surface area contributed by atoms with Gasteiger partial charge < -0.3 is 9.63 Å². The van der Waals surface area contributed by atoms with Gasteiger partial charge in [0.1, 0.15) is 6.26 Å². The molecule has 132 valence electrons. The quantitative estimate of drug-likeness (QED) is 0.768. The van der Waals surface area contributed by atoms with Crippen LogP contribution in [-0.2, 0) is 12.8 Å². The van der Waals surface area contributed by atoms with Crippen molar-refractivity contribution in [2.45, 2.75) is 77.7 Å². The summed E-state index contributed by atoms with van der Waals surface area (Å²) in [4.78, 5) is 0. The Morgan fingerprint density at radius 1 is 1.08 bits per heavy atom. The molecule has 1 aromatic rings. The van der Waals surface area contributed by atoms with Gasteiger partial charge in [-0.3, -0.25) is 0 Å². The highest BCUT2D eigenvalue weighted by molar-refractivity contribution is 5.25. The van der Waals surface area contributed by atoms with Crippen LogP contribution < -0.4 is 0 Å². The molecule has 3 nitrogen and oxygen atoms in total. The minimum atomic E-state index is -0.464. The lowest BCUT2D eigenvalue weighted by molar-refractivity contribution is -0.139. The van der Waals surface area contributed by atoms with Gasteiger partial charge in [0.15, 0.2) is 0 Å². The summed E-state index contributed by atoms with van der Waals surface area (Å²) in [5.74, 6) is 3.10. The van der Waals surface area contributed by atoms with Crippen LogP contribution in [0.2, 0.25) is 0 Å². The van der Waals surface area contributed by atoms with Crippen LogP contribution in [0.1, 0.15) is 70.6 Å². The first-order valence-electron chi connectivity index (χ1n) is 10.00. The number of rotatable bonds is 0. The molecule has 0 bridgehead atoms. The summed E-state index contributed by atoms with van der Waals surface area (Å²) < 4.78 is 5.28. The van der Waals surface area contributed by atoms with Gasteiger partial charge in [-0.25, -0.2) is 0 Å². The molecule has 3 heteroatoms. The molecule has 0 radical (unpaired) electrons. The molecule has 0 amide bonds. The Hall–Kier alpha value is -0.830. The molecule has 0 aliphatic heterocycles. The molecule has 0 unspecified atom stereocenters. The first-order chi connectivity index (χ1) is 11.4. The molecule has 7 atom stereocenters. The van der Waals surface area contributed by atoms with Gasteiger partial charge in [-0.2, -0.15) is 0 Å². The van der Waals surface area contributed by atoms with E-state index < -0.39 is 5.60 Å².